The van der Waals surface area contributed by atoms with E-state index in [0.29, 0.717) is 6.54 Å². The minimum Gasteiger partial charge on any atom is -0.384 e. The molecule has 1 heterocycles. The minimum absolute atomic E-state index is 0.0574. The van der Waals surface area contributed by atoms with E-state index in [1.165, 1.54) is 0 Å². The summed E-state index contributed by atoms with van der Waals surface area (Å²) >= 11 is 0. The van der Waals surface area contributed by atoms with E-state index >= 15 is 0 Å². The van der Waals surface area contributed by atoms with Gasteiger partial charge in [0, 0.05) is 18.3 Å². The predicted octanol–water partition coefficient (Wildman–Crippen LogP) is 1.65. The maximum absolute atomic E-state index is 12.3. The third-order valence-electron chi connectivity index (χ3n) is 3.55. The van der Waals surface area contributed by atoms with Crippen LogP contribution in [0.4, 0.5) is 5.69 Å². The molecule has 1 aromatic rings. The molecule has 2 unspecified atom stereocenters. The second kappa shape index (κ2) is 6.06. The van der Waals surface area contributed by atoms with Gasteiger partial charge in [-0.05, 0) is 45.6 Å². The molecule has 0 radical (unpaired) electrons. The van der Waals surface area contributed by atoms with E-state index in [9.17, 15) is 4.79 Å². The van der Waals surface area contributed by atoms with Gasteiger partial charge in [-0.25, -0.2) is 0 Å². The van der Waals surface area contributed by atoms with E-state index in [-0.39, 0.29) is 17.9 Å². The van der Waals surface area contributed by atoms with Crippen LogP contribution in [0, 0.1) is 0 Å². The highest BCUT2D eigenvalue weighted by atomic mass is 16.2. The van der Waals surface area contributed by atoms with Gasteiger partial charge in [-0.1, -0.05) is 18.2 Å². The number of carbonyl (C=O) groups excluding carboxylic acids is 1. The molecule has 1 aromatic carbocycles. The molecule has 0 saturated carbocycles. The fourth-order valence-corrected chi connectivity index (χ4v) is 2.39. The maximum atomic E-state index is 12.3. The molecular formula is C15H23N3O. The van der Waals surface area contributed by atoms with Crippen molar-refractivity contribution in [2.75, 3.05) is 32.5 Å². The Morgan fingerprint density at radius 3 is 2.95 bits per heavy atom. The van der Waals surface area contributed by atoms with Gasteiger partial charge in [-0.15, -0.1) is 0 Å². The number of amides is 1. The molecular weight excluding hydrogens is 238 g/mol. The number of fused-ring (bicyclic) bond motifs is 1. The summed E-state index contributed by atoms with van der Waals surface area (Å²) in [6.07, 6.45) is 0.973. The van der Waals surface area contributed by atoms with Crippen molar-refractivity contribution < 1.29 is 4.79 Å². The Morgan fingerprint density at radius 1 is 1.47 bits per heavy atom. The first-order valence-corrected chi connectivity index (χ1v) is 6.86. The number of nitrogens with one attached hydrogen (secondary N) is 2. The van der Waals surface area contributed by atoms with Crippen molar-refractivity contribution in [2.45, 2.75) is 25.3 Å². The SMILES string of the molecule is CC(CCN(C)C)NC(=O)C1CNc2ccccc21. The van der Waals surface area contributed by atoms with Gasteiger partial charge < -0.3 is 15.5 Å². The summed E-state index contributed by atoms with van der Waals surface area (Å²) in [5.41, 5.74) is 2.20. The van der Waals surface area contributed by atoms with Crippen LogP contribution in [0.25, 0.3) is 0 Å². The fraction of sp³-hybridized carbons (Fsp3) is 0.533. The normalized spacial score (nSPS) is 18.8. The summed E-state index contributed by atoms with van der Waals surface area (Å²) in [5.74, 6) is 0.0710. The number of hydrogen-bond donors (Lipinski definition) is 2. The lowest BCUT2D eigenvalue weighted by Gasteiger charge is -2.19. The number of carbonyl (C=O) groups is 1. The Hall–Kier alpha value is -1.55. The summed E-state index contributed by atoms with van der Waals surface area (Å²) in [6, 6.07) is 8.25. The number of rotatable bonds is 5. The molecule has 0 saturated heterocycles. The topological polar surface area (TPSA) is 44.4 Å². The van der Waals surface area contributed by atoms with Crippen LogP contribution in [-0.4, -0.2) is 44.0 Å². The molecule has 2 rings (SSSR count). The molecule has 1 aliphatic rings. The first-order chi connectivity index (χ1) is 9.08. The molecule has 1 aliphatic heterocycles. The van der Waals surface area contributed by atoms with Gasteiger partial charge in [0.15, 0.2) is 0 Å². The molecule has 0 spiro atoms. The van der Waals surface area contributed by atoms with Crippen molar-refractivity contribution in [3.05, 3.63) is 29.8 Å². The number of anilines is 1. The Labute approximate surface area is 115 Å². The van der Waals surface area contributed by atoms with Crippen molar-refractivity contribution in [3.63, 3.8) is 0 Å². The number of benzene rings is 1. The van der Waals surface area contributed by atoms with E-state index < -0.39 is 0 Å². The fourth-order valence-electron chi connectivity index (χ4n) is 2.39. The molecule has 0 aromatic heterocycles. The molecule has 0 fully saturated rings. The van der Waals surface area contributed by atoms with Gasteiger partial charge in [-0.3, -0.25) is 4.79 Å². The summed E-state index contributed by atoms with van der Waals surface area (Å²) in [4.78, 5) is 14.4. The number of nitrogens with zero attached hydrogens (tertiary/aromatic N) is 1. The average molecular weight is 261 g/mol. The van der Waals surface area contributed by atoms with Crippen LogP contribution >= 0.6 is 0 Å². The maximum Gasteiger partial charge on any atom is 0.229 e. The van der Waals surface area contributed by atoms with Gasteiger partial charge in [-0.2, -0.15) is 0 Å². The lowest BCUT2D eigenvalue weighted by Crippen LogP contribution is -2.38. The van der Waals surface area contributed by atoms with Crippen molar-refractivity contribution in [1.29, 1.82) is 0 Å². The first kappa shape index (κ1) is 13.9. The minimum atomic E-state index is -0.0574. The summed E-state index contributed by atoms with van der Waals surface area (Å²) in [6.45, 7) is 3.75. The van der Waals surface area contributed by atoms with Gasteiger partial charge >= 0.3 is 0 Å². The molecule has 4 heteroatoms. The zero-order valence-electron chi connectivity index (χ0n) is 11.9. The molecule has 0 bridgehead atoms. The molecule has 2 atom stereocenters. The molecule has 0 aliphatic carbocycles. The van der Waals surface area contributed by atoms with E-state index in [1.54, 1.807) is 0 Å². The van der Waals surface area contributed by atoms with Crippen LogP contribution < -0.4 is 10.6 Å². The van der Waals surface area contributed by atoms with E-state index in [1.807, 2.05) is 38.4 Å². The Balaban J connectivity index is 1.91. The second-order valence-corrected chi connectivity index (χ2v) is 5.52. The molecule has 1 amide bonds. The van der Waals surface area contributed by atoms with Crippen LogP contribution in [0.2, 0.25) is 0 Å². The predicted molar refractivity (Wildman–Crippen MR) is 78.4 cm³/mol. The number of hydrogen-bond acceptors (Lipinski definition) is 3. The highest BCUT2D eigenvalue weighted by molar-refractivity contribution is 5.88. The van der Waals surface area contributed by atoms with Gasteiger partial charge in [0.25, 0.3) is 0 Å². The first-order valence-electron chi connectivity index (χ1n) is 6.86. The van der Waals surface area contributed by atoms with Gasteiger partial charge in [0.2, 0.25) is 5.91 Å². The molecule has 19 heavy (non-hydrogen) atoms. The Kier molecular flexibility index (Phi) is 4.43. The molecule has 104 valence electrons. The summed E-state index contributed by atoms with van der Waals surface area (Å²) in [7, 11) is 4.09. The van der Waals surface area contributed by atoms with Crippen LogP contribution in [0.5, 0.6) is 0 Å². The quantitative estimate of drug-likeness (QED) is 0.847. The Bertz CT molecular complexity index is 445. The van der Waals surface area contributed by atoms with E-state index in [2.05, 4.69) is 22.5 Å². The Morgan fingerprint density at radius 2 is 2.21 bits per heavy atom. The largest absolute Gasteiger partial charge is 0.384 e. The monoisotopic (exact) mass is 261 g/mol. The number of para-hydroxylation sites is 1. The van der Waals surface area contributed by atoms with Gasteiger partial charge in [0.1, 0.15) is 0 Å². The van der Waals surface area contributed by atoms with Gasteiger partial charge in [0.05, 0.1) is 5.92 Å². The van der Waals surface area contributed by atoms with E-state index in [4.69, 9.17) is 0 Å². The second-order valence-electron chi connectivity index (χ2n) is 5.52. The summed E-state index contributed by atoms with van der Waals surface area (Å²) in [5, 5.41) is 6.40. The highest BCUT2D eigenvalue weighted by Crippen LogP contribution is 2.31. The van der Waals surface area contributed by atoms with Crippen LogP contribution in [0.3, 0.4) is 0 Å². The van der Waals surface area contributed by atoms with Crippen molar-refractivity contribution in [1.82, 2.24) is 10.2 Å². The molecule has 4 nitrogen and oxygen atoms in total. The van der Waals surface area contributed by atoms with Crippen LogP contribution in [-0.2, 0) is 4.79 Å². The molecule has 2 N–H and O–H groups in total. The zero-order valence-corrected chi connectivity index (χ0v) is 11.9. The average Bonchev–Trinajstić information content (AvgIpc) is 2.80. The third kappa shape index (κ3) is 3.47. The van der Waals surface area contributed by atoms with Crippen LogP contribution in [0.15, 0.2) is 24.3 Å². The zero-order chi connectivity index (χ0) is 13.8. The lowest BCUT2D eigenvalue weighted by atomic mass is 10.00. The smallest absolute Gasteiger partial charge is 0.229 e. The van der Waals surface area contributed by atoms with Crippen molar-refractivity contribution in [3.8, 4) is 0 Å². The highest BCUT2D eigenvalue weighted by Gasteiger charge is 2.28. The lowest BCUT2D eigenvalue weighted by molar-refractivity contribution is -0.122. The summed E-state index contributed by atoms with van der Waals surface area (Å²) < 4.78 is 0. The van der Waals surface area contributed by atoms with E-state index in [0.717, 1.165) is 24.2 Å². The van der Waals surface area contributed by atoms with Crippen molar-refractivity contribution >= 4 is 11.6 Å². The van der Waals surface area contributed by atoms with Crippen LogP contribution in [0.1, 0.15) is 24.8 Å². The standard InChI is InChI=1S/C15H23N3O/c1-11(8-9-18(2)3)17-15(19)13-10-16-14-7-5-4-6-12(13)14/h4-7,11,13,16H,8-10H2,1-3H3,(H,17,19). The van der Waals surface area contributed by atoms with Crippen molar-refractivity contribution in [2.24, 2.45) is 0 Å². The third-order valence-corrected chi connectivity index (χ3v) is 3.55.